The zero-order valence-corrected chi connectivity index (χ0v) is 11.7. The van der Waals surface area contributed by atoms with Gasteiger partial charge in [-0.2, -0.15) is 0 Å². The van der Waals surface area contributed by atoms with Crippen LogP contribution in [0.2, 0.25) is 5.02 Å². The molecular formula is C13H19ClN2O2. The minimum atomic E-state index is -0.952. The van der Waals surface area contributed by atoms with E-state index in [-0.39, 0.29) is 5.56 Å². The minimum absolute atomic E-state index is 0.245. The van der Waals surface area contributed by atoms with Gasteiger partial charge >= 0.3 is 5.97 Å². The van der Waals surface area contributed by atoms with E-state index in [4.69, 9.17) is 16.7 Å². The van der Waals surface area contributed by atoms with Gasteiger partial charge in [0.15, 0.2) is 0 Å². The average molecular weight is 271 g/mol. The molecule has 1 aromatic rings. The highest BCUT2D eigenvalue weighted by molar-refractivity contribution is 6.31. The van der Waals surface area contributed by atoms with Crippen molar-refractivity contribution in [3.8, 4) is 0 Å². The van der Waals surface area contributed by atoms with Crippen molar-refractivity contribution in [2.45, 2.75) is 6.42 Å². The highest BCUT2D eigenvalue weighted by atomic mass is 35.5. The zero-order chi connectivity index (χ0) is 13.7. The lowest BCUT2D eigenvalue weighted by atomic mass is 10.1. The van der Waals surface area contributed by atoms with Gasteiger partial charge in [-0.05, 0) is 45.3 Å². The molecule has 18 heavy (non-hydrogen) atoms. The van der Waals surface area contributed by atoms with Crippen molar-refractivity contribution in [1.82, 2.24) is 4.90 Å². The van der Waals surface area contributed by atoms with Crippen molar-refractivity contribution in [3.63, 3.8) is 0 Å². The van der Waals surface area contributed by atoms with Crippen LogP contribution in [0.25, 0.3) is 0 Å². The molecule has 0 spiro atoms. The first-order valence-corrected chi connectivity index (χ1v) is 6.18. The maximum absolute atomic E-state index is 11.2. The van der Waals surface area contributed by atoms with Crippen molar-refractivity contribution in [1.29, 1.82) is 0 Å². The molecule has 1 N–H and O–H groups in total. The Bertz CT molecular complexity index is 421. The second kappa shape index (κ2) is 6.61. The predicted molar refractivity (Wildman–Crippen MR) is 74.9 cm³/mol. The van der Waals surface area contributed by atoms with E-state index in [1.165, 1.54) is 6.07 Å². The highest BCUT2D eigenvalue weighted by Crippen LogP contribution is 2.23. The number of carboxylic acids is 1. The fraction of sp³-hybridized carbons (Fsp3) is 0.462. The fourth-order valence-electron chi connectivity index (χ4n) is 1.76. The van der Waals surface area contributed by atoms with Crippen LogP contribution in [0.1, 0.15) is 16.8 Å². The van der Waals surface area contributed by atoms with E-state index in [2.05, 4.69) is 4.90 Å². The number of aromatic carboxylic acids is 1. The third-order valence-corrected chi connectivity index (χ3v) is 2.93. The standard InChI is InChI=1S/C13H19ClN2O2/c1-15(2)7-4-8-16(3)12-6-5-10(14)9-11(12)13(17)18/h5-6,9H,4,7-8H2,1-3H3,(H,17,18). The van der Waals surface area contributed by atoms with E-state index >= 15 is 0 Å². The Kier molecular flexibility index (Phi) is 5.44. The summed E-state index contributed by atoms with van der Waals surface area (Å²) < 4.78 is 0. The van der Waals surface area contributed by atoms with E-state index in [0.29, 0.717) is 10.7 Å². The number of rotatable bonds is 6. The Hall–Kier alpha value is -1.26. The average Bonchev–Trinajstić information content (AvgIpc) is 2.28. The van der Waals surface area contributed by atoms with Crippen molar-refractivity contribution in [2.24, 2.45) is 0 Å². The van der Waals surface area contributed by atoms with Crippen molar-refractivity contribution >= 4 is 23.3 Å². The molecule has 5 heteroatoms. The summed E-state index contributed by atoms with van der Waals surface area (Å²) in [7, 11) is 5.93. The Morgan fingerprint density at radius 2 is 1.94 bits per heavy atom. The van der Waals surface area contributed by atoms with Crippen LogP contribution in [0.3, 0.4) is 0 Å². The number of anilines is 1. The van der Waals surface area contributed by atoms with Gasteiger partial charge in [0.25, 0.3) is 0 Å². The van der Waals surface area contributed by atoms with Gasteiger partial charge in [0, 0.05) is 18.6 Å². The highest BCUT2D eigenvalue weighted by Gasteiger charge is 2.13. The van der Waals surface area contributed by atoms with Crippen LogP contribution in [0.4, 0.5) is 5.69 Å². The molecule has 0 saturated carbocycles. The fourth-order valence-corrected chi connectivity index (χ4v) is 1.93. The van der Waals surface area contributed by atoms with E-state index in [0.717, 1.165) is 19.5 Å². The Morgan fingerprint density at radius 3 is 2.50 bits per heavy atom. The monoisotopic (exact) mass is 270 g/mol. The molecule has 4 nitrogen and oxygen atoms in total. The molecule has 100 valence electrons. The molecular weight excluding hydrogens is 252 g/mol. The lowest BCUT2D eigenvalue weighted by Gasteiger charge is -2.22. The summed E-state index contributed by atoms with van der Waals surface area (Å²) in [5.74, 6) is -0.952. The normalized spacial score (nSPS) is 10.7. The lowest BCUT2D eigenvalue weighted by Crippen LogP contribution is -2.24. The number of carbonyl (C=O) groups is 1. The first kappa shape index (κ1) is 14.8. The SMILES string of the molecule is CN(C)CCCN(C)c1ccc(Cl)cc1C(=O)O. The van der Waals surface area contributed by atoms with Crippen LogP contribution in [-0.4, -0.2) is 50.2 Å². The maximum Gasteiger partial charge on any atom is 0.337 e. The summed E-state index contributed by atoms with van der Waals surface area (Å²) in [5.41, 5.74) is 0.945. The molecule has 0 radical (unpaired) electrons. The summed E-state index contributed by atoms with van der Waals surface area (Å²) in [6.07, 6.45) is 0.977. The lowest BCUT2D eigenvalue weighted by molar-refractivity contribution is 0.0697. The third-order valence-electron chi connectivity index (χ3n) is 2.70. The molecule has 0 fully saturated rings. The molecule has 0 bridgehead atoms. The molecule has 0 amide bonds. The third kappa shape index (κ3) is 4.20. The molecule has 0 aliphatic carbocycles. The predicted octanol–water partition coefficient (Wildman–Crippen LogP) is 2.43. The maximum atomic E-state index is 11.2. The van der Waals surface area contributed by atoms with Crippen molar-refractivity contribution in [2.75, 3.05) is 39.1 Å². The molecule has 0 unspecified atom stereocenters. The van der Waals surface area contributed by atoms with Crippen LogP contribution >= 0.6 is 11.6 Å². The number of halogens is 1. The number of hydrogen-bond donors (Lipinski definition) is 1. The van der Waals surface area contributed by atoms with Gasteiger partial charge in [0.1, 0.15) is 0 Å². The van der Waals surface area contributed by atoms with Crippen molar-refractivity contribution < 1.29 is 9.90 Å². The number of hydrogen-bond acceptors (Lipinski definition) is 3. The Labute approximate surface area is 113 Å². The minimum Gasteiger partial charge on any atom is -0.478 e. The number of benzene rings is 1. The molecule has 0 heterocycles. The van der Waals surface area contributed by atoms with Crippen LogP contribution in [0.15, 0.2) is 18.2 Å². The number of nitrogens with zero attached hydrogens (tertiary/aromatic N) is 2. The summed E-state index contributed by atoms with van der Waals surface area (Å²) in [4.78, 5) is 15.2. The van der Waals surface area contributed by atoms with E-state index in [1.54, 1.807) is 12.1 Å². The summed E-state index contributed by atoms with van der Waals surface area (Å²) >= 11 is 5.82. The smallest absolute Gasteiger partial charge is 0.337 e. The summed E-state index contributed by atoms with van der Waals surface area (Å²) in [6.45, 7) is 1.78. The Balaban J connectivity index is 2.78. The van der Waals surface area contributed by atoms with E-state index < -0.39 is 5.97 Å². The second-order valence-corrected chi connectivity index (χ2v) is 4.98. The van der Waals surface area contributed by atoms with Gasteiger partial charge in [0.05, 0.1) is 11.3 Å². The van der Waals surface area contributed by atoms with E-state index in [9.17, 15) is 4.79 Å². The first-order chi connectivity index (χ1) is 8.41. The topological polar surface area (TPSA) is 43.8 Å². The number of carboxylic acid groups (broad SMARTS) is 1. The molecule has 1 aromatic carbocycles. The largest absolute Gasteiger partial charge is 0.478 e. The molecule has 0 aliphatic rings. The molecule has 1 rings (SSSR count). The van der Waals surface area contributed by atoms with Gasteiger partial charge in [0.2, 0.25) is 0 Å². The molecule has 0 aliphatic heterocycles. The van der Waals surface area contributed by atoms with Crippen molar-refractivity contribution in [3.05, 3.63) is 28.8 Å². The van der Waals surface area contributed by atoms with Crippen LogP contribution in [0, 0.1) is 0 Å². The van der Waals surface area contributed by atoms with Gasteiger partial charge < -0.3 is 14.9 Å². The first-order valence-electron chi connectivity index (χ1n) is 5.80. The van der Waals surface area contributed by atoms with E-state index in [1.807, 2.05) is 26.0 Å². The van der Waals surface area contributed by atoms with Crippen LogP contribution in [0.5, 0.6) is 0 Å². The zero-order valence-electron chi connectivity index (χ0n) is 11.0. The second-order valence-electron chi connectivity index (χ2n) is 4.55. The van der Waals surface area contributed by atoms with Crippen LogP contribution in [-0.2, 0) is 0 Å². The summed E-state index contributed by atoms with van der Waals surface area (Å²) in [6, 6.07) is 4.95. The Morgan fingerprint density at radius 1 is 1.28 bits per heavy atom. The van der Waals surface area contributed by atoms with Gasteiger partial charge in [-0.25, -0.2) is 4.79 Å². The van der Waals surface area contributed by atoms with Gasteiger partial charge in [-0.1, -0.05) is 11.6 Å². The molecule has 0 atom stereocenters. The quantitative estimate of drug-likeness (QED) is 0.862. The summed E-state index contributed by atoms with van der Waals surface area (Å²) in [5, 5.41) is 9.60. The van der Waals surface area contributed by atoms with Crippen LogP contribution < -0.4 is 4.90 Å². The van der Waals surface area contributed by atoms with Gasteiger partial charge in [-0.3, -0.25) is 0 Å². The molecule has 0 saturated heterocycles. The van der Waals surface area contributed by atoms with Gasteiger partial charge in [-0.15, -0.1) is 0 Å². The molecule has 0 aromatic heterocycles.